The second kappa shape index (κ2) is 9.50. The molecule has 10 heteroatoms. The number of benzene rings is 3. The molecular weight excluding hydrogens is 440 g/mol. The Balaban J connectivity index is 0.000000229. The van der Waals surface area contributed by atoms with Crippen molar-refractivity contribution in [2.45, 2.75) is 16.7 Å². The monoisotopic (exact) mass is 456 g/mol. The number of nitrogens with two attached hydrogens (primary N) is 1. The third-order valence-electron chi connectivity index (χ3n) is 4.24. The minimum atomic E-state index is -0.476. The number of nitrogen functional groups attached to an aromatic ring is 1. The quantitative estimate of drug-likeness (QED) is 0.208. The van der Waals surface area contributed by atoms with Gasteiger partial charge in [-0.1, -0.05) is 35.5 Å². The van der Waals surface area contributed by atoms with E-state index in [1.54, 1.807) is 18.2 Å². The molecule has 3 N–H and O–H groups in total. The van der Waals surface area contributed by atoms with E-state index in [9.17, 15) is 20.2 Å². The molecule has 0 fully saturated rings. The van der Waals surface area contributed by atoms with Crippen molar-refractivity contribution in [1.82, 2.24) is 4.98 Å². The molecular formula is C21H17ClN4O4S. The fourth-order valence-corrected chi connectivity index (χ4v) is 4.02. The lowest BCUT2D eigenvalue weighted by molar-refractivity contribution is -0.384. The summed E-state index contributed by atoms with van der Waals surface area (Å²) in [7, 11) is 0. The van der Waals surface area contributed by atoms with Crippen molar-refractivity contribution >= 4 is 51.3 Å². The first-order valence-electron chi connectivity index (χ1n) is 8.95. The van der Waals surface area contributed by atoms with Crippen LogP contribution in [0, 0.1) is 27.2 Å². The predicted octanol–water partition coefficient (Wildman–Crippen LogP) is 6.37. The summed E-state index contributed by atoms with van der Waals surface area (Å²) in [5.41, 5.74) is 7.54. The first-order valence-corrected chi connectivity index (χ1v) is 10.1. The summed E-state index contributed by atoms with van der Waals surface area (Å²) >= 11 is 7.38. The predicted molar refractivity (Wildman–Crippen MR) is 123 cm³/mol. The first-order chi connectivity index (χ1) is 14.8. The Labute approximate surface area is 186 Å². The number of nitrogens with one attached hydrogen (secondary N) is 1. The van der Waals surface area contributed by atoms with Crippen LogP contribution in [0.25, 0.3) is 10.9 Å². The van der Waals surface area contributed by atoms with E-state index in [0.717, 1.165) is 21.0 Å². The highest BCUT2D eigenvalue weighted by atomic mass is 35.5. The van der Waals surface area contributed by atoms with Crippen molar-refractivity contribution < 1.29 is 9.85 Å². The van der Waals surface area contributed by atoms with E-state index in [4.69, 9.17) is 17.3 Å². The smallest absolute Gasteiger partial charge is 0.279 e. The van der Waals surface area contributed by atoms with Crippen molar-refractivity contribution in [3.8, 4) is 0 Å². The number of aromatic amines is 1. The van der Waals surface area contributed by atoms with Crippen molar-refractivity contribution in [3.05, 3.63) is 97.7 Å². The number of nitro benzene ring substituents is 2. The summed E-state index contributed by atoms with van der Waals surface area (Å²) in [4.78, 5) is 25.6. The zero-order valence-corrected chi connectivity index (χ0v) is 17.8. The normalized spacial score (nSPS) is 10.4. The van der Waals surface area contributed by atoms with Gasteiger partial charge >= 0.3 is 0 Å². The maximum Gasteiger partial charge on any atom is 0.279 e. The van der Waals surface area contributed by atoms with Gasteiger partial charge in [-0.05, 0) is 43.3 Å². The van der Waals surface area contributed by atoms with Crippen LogP contribution < -0.4 is 5.73 Å². The molecule has 0 saturated heterocycles. The Morgan fingerprint density at radius 2 is 1.65 bits per heavy atom. The highest BCUT2D eigenvalue weighted by Gasteiger charge is 2.19. The summed E-state index contributed by atoms with van der Waals surface area (Å²) in [6.07, 6.45) is 0. The third kappa shape index (κ3) is 5.33. The third-order valence-corrected chi connectivity index (χ3v) is 5.72. The first kappa shape index (κ1) is 22.1. The van der Waals surface area contributed by atoms with E-state index in [2.05, 4.69) is 4.98 Å². The highest BCUT2D eigenvalue weighted by molar-refractivity contribution is 7.99. The van der Waals surface area contributed by atoms with Crippen LogP contribution in [0.15, 0.2) is 76.5 Å². The second-order valence-electron chi connectivity index (χ2n) is 6.44. The molecule has 0 atom stereocenters. The summed E-state index contributed by atoms with van der Waals surface area (Å²) in [5.74, 6) is 0. The molecule has 0 spiro atoms. The number of aryl methyl sites for hydroxylation is 1. The number of aromatic nitrogens is 1. The molecule has 0 unspecified atom stereocenters. The number of hydrogen-bond acceptors (Lipinski definition) is 6. The molecule has 0 aliphatic heterocycles. The van der Waals surface area contributed by atoms with Crippen molar-refractivity contribution in [2.75, 3.05) is 5.73 Å². The fourth-order valence-electron chi connectivity index (χ4n) is 2.87. The Hall–Kier alpha value is -3.56. The van der Waals surface area contributed by atoms with Crippen LogP contribution >= 0.6 is 23.4 Å². The van der Waals surface area contributed by atoms with Gasteiger partial charge in [0.2, 0.25) is 0 Å². The lowest BCUT2D eigenvalue weighted by atomic mass is 10.2. The number of anilines is 1. The molecule has 8 nitrogen and oxygen atoms in total. The van der Waals surface area contributed by atoms with Gasteiger partial charge in [-0.25, -0.2) is 0 Å². The standard InChI is InChI=1S/C15H11ClN2O2S.C6H6N2O2/c1-9-15(21-11-7-5-10(16)6-8-11)14-12(17-9)3-2-4-13(14)18(19)20;7-5-2-1-3-6(4-5)8(9)10/h2-8,17H,1H3;1-4H,7H2. The van der Waals surface area contributed by atoms with E-state index in [1.165, 1.54) is 30.0 Å². The summed E-state index contributed by atoms with van der Waals surface area (Å²) in [6.45, 7) is 1.92. The molecule has 0 aliphatic rings. The molecule has 0 aliphatic carbocycles. The van der Waals surface area contributed by atoms with Crippen LogP contribution in [0.5, 0.6) is 0 Å². The number of rotatable bonds is 4. The van der Waals surface area contributed by atoms with Gasteiger partial charge in [0, 0.05) is 44.4 Å². The maximum absolute atomic E-state index is 11.2. The second-order valence-corrected chi connectivity index (χ2v) is 7.96. The van der Waals surface area contributed by atoms with E-state index < -0.39 is 4.92 Å². The number of H-pyrrole nitrogens is 1. The number of fused-ring (bicyclic) bond motifs is 1. The van der Waals surface area contributed by atoms with Crippen molar-refractivity contribution in [1.29, 1.82) is 0 Å². The Morgan fingerprint density at radius 3 is 2.23 bits per heavy atom. The molecule has 1 aromatic heterocycles. The van der Waals surface area contributed by atoms with Crippen LogP contribution in [-0.4, -0.2) is 14.8 Å². The molecule has 31 heavy (non-hydrogen) atoms. The van der Waals surface area contributed by atoms with Crippen molar-refractivity contribution in [2.24, 2.45) is 0 Å². The van der Waals surface area contributed by atoms with Crippen LogP contribution in [0.3, 0.4) is 0 Å². The molecule has 0 amide bonds. The largest absolute Gasteiger partial charge is 0.399 e. The number of nitro groups is 2. The number of non-ortho nitro benzene ring substituents is 2. The molecule has 3 aromatic carbocycles. The molecule has 0 saturated carbocycles. The number of nitrogens with zero attached hydrogens (tertiary/aromatic N) is 2. The van der Waals surface area contributed by atoms with Crippen LogP contribution in [0.2, 0.25) is 5.02 Å². The zero-order valence-electron chi connectivity index (χ0n) is 16.2. The Morgan fingerprint density at radius 1 is 0.968 bits per heavy atom. The van der Waals surface area contributed by atoms with E-state index >= 15 is 0 Å². The van der Waals surface area contributed by atoms with Gasteiger partial charge < -0.3 is 10.7 Å². The molecule has 0 bridgehead atoms. The summed E-state index contributed by atoms with van der Waals surface area (Å²) in [5, 5.41) is 22.7. The van der Waals surface area contributed by atoms with Gasteiger partial charge in [-0.3, -0.25) is 20.2 Å². The molecule has 4 rings (SSSR count). The van der Waals surface area contributed by atoms with Gasteiger partial charge in [0.25, 0.3) is 11.4 Å². The summed E-state index contributed by atoms with van der Waals surface area (Å²) < 4.78 is 0. The Kier molecular flexibility index (Phi) is 6.78. The molecule has 158 valence electrons. The van der Waals surface area contributed by atoms with Gasteiger partial charge in [0.05, 0.1) is 20.7 Å². The summed E-state index contributed by atoms with van der Waals surface area (Å²) in [6, 6.07) is 18.4. The van der Waals surface area contributed by atoms with Gasteiger partial charge in [-0.2, -0.15) is 0 Å². The highest BCUT2D eigenvalue weighted by Crippen LogP contribution is 2.40. The number of halogens is 1. The fraction of sp³-hybridized carbons (Fsp3) is 0.0476. The van der Waals surface area contributed by atoms with Crippen LogP contribution in [0.4, 0.5) is 17.1 Å². The average Bonchev–Trinajstić information content (AvgIpc) is 3.05. The minimum Gasteiger partial charge on any atom is -0.399 e. The lowest BCUT2D eigenvalue weighted by Crippen LogP contribution is -1.89. The number of hydrogen-bond donors (Lipinski definition) is 2. The SMILES string of the molecule is Cc1[nH]c2cccc([N+](=O)[O-])c2c1Sc1ccc(Cl)cc1.Nc1cccc([N+](=O)[O-])c1. The average molecular weight is 457 g/mol. The van der Waals surface area contributed by atoms with E-state index in [1.807, 2.05) is 37.3 Å². The topological polar surface area (TPSA) is 128 Å². The maximum atomic E-state index is 11.2. The zero-order chi connectivity index (χ0) is 22.5. The van der Waals surface area contributed by atoms with Crippen LogP contribution in [-0.2, 0) is 0 Å². The van der Waals surface area contributed by atoms with Gasteiger partial charge in [0.15, 0.2) is 0 Å². The van der Waals surface area contributed by atoms with Gasteiger partial charge in [-0.15, -0.1) is 0 Å². The molecule has 4 aromatic rings. The molecule has 0 radical (unpaired) electrons. The van der Waals surface area contributed by atoms with Crippen molar-refractivity contribution in [3.63, 3.8) is 0 Å². The van der Waals surface area contributed by atoms with Gasteiger partial charge in [0.1, 0.15) is 0 Å². The van der Waals surface area contributed by atoms with Crippen LogP contribution in [0.1, 0.15) is 5.69 Å². The van der Waals surface area contributed by atoms with E-state index in [-0.39, 0.29) is 16.3 Å². The Bertz CT molecular complexity index is 1260. The van der Waals surface area contributed by atoms with E-state index in [0.29, 0.717) is 16.1 Å². The minimum absolute atomic E-state index is 0.0278. The molecule has 1 heterocycles. The lowest BCUT2D eigenvalue weighted by Gasteiger charge is -2.02.